The van der Waals surface area contributed by atoms with Crippen molar-refractivity contribution in [2.24, 2.45) is 28.3 Å². The summed E-state index contributed by atoms with van der Waals surface area (Å²) in [6.07, 6.45) is 14.9. The Morgan fingerprint density at radius 1 is 1.09 bits per heavy atom. The van der Waals surface area contributed by atoms with Crippen molar-refractivity contribution in [1.82, 2.24) is 0 Å². The molecular weight excluding hydrogens is 394 g/mol. The highest BCUT2D eigenvalue weighted by molar-refractivity contribution is 5.93. The van der Waals surface area contributed by atoms with Crippen molar-refractivity contribution in [3.8, 4) is 0 Å². The topological polar surface area (TPSA) is 46.5 Å². The van der Waals surface area contributed by atoms with Gasteiger partial charge in [-0.1, -0.05) is 67.4 Å². The van der Waals surface area contributed by atoms with Gasteiger partial charge in [-0.2, -0.15) is 4.91 Å². The van der Waals surface area contributed by atoms with Crippen molar-refractivity contribution < 1.29 is 4.79 Å². The summed E-state index contributed by atoms with van der Waals surface area (Å²) in [6, 6.07) is 8.96. The van der Waals surface area contributed by atoms with Crippen LogP contribution in [0.15, 0.2) is 58.3 Å². The molecule has 0 bridgehead atoms. The summed E-state index contributed by atoms with van der Waals surface area (Å²) in [7, 11) is 0. The summed E-state index contributed by atoms with van der Waals surface area (Å²) in [5, 5.41) is 2.91. The molecule has 0 radical (unpaired) electrons. The number of nitroso groups, excluding NO2 is 1. The molecular formula is C29H35NO2. The molecule has 168 valence electrons. The maximum Gasteiger partial charge on any atom is 0.156 e. The second-order valence-corrected chi connectivity index (χ2v) is 10.6. The molecule has 0 aromatic heterocycles. The maximum absolute atomic E-state index is 12.2. The summed E-state index contributed by atoms with van der Waals surface area (Å²) in [5.41, 5.74) is 7.51. The minimum Gasteiger partial charge on any atom is -0.295 e. The van der Waals surface area contributed by atoms with Crippen molar-refractivity contribution in [2.45, 2.75) is 71.1 Å². The van der Waals surface area contributed by atoms with Gasteiger partial charge in [0.05, 0.1) is 6.54 Å². The lowest BCUT2D eigenvalue weighted by Gasteiger charge is -2.53. The molecule has 0 spiro atoms. The minimum absolute atomic E-state index is 0.217. The number of allylic oxidation sites excluding steroid dienone is 4. The number of benzene rings is 1. The van der Waals surface area contributed by atoms with E-state index in [4.69, 9.17) is 0 Å². The molecule has 5 unspecified atom stereocenters. The van der Waals surface area contributed by atoms with E-state index in [1.165, 1.54) is 48.8 Å². The number of carbonyl (C=O) groups excluding carboxylic acids is 1. The molecule has 32 heavy (non-hydrogen) atoms. The molecule has 3 heteroatoms. The molecule has 0 heterocycles. The van der Waals surface area contributed by atoms with E-state index in [0.717, 1.165) is 30.2 Å². The molecule has 4 aliphatic carbocycles. The fourth-order valence-corrected chi connectivity index (χ4v) is 7.80. The molecule has 3 nitrogen and oxygen atoms in total. The first-order valence-corrected chi connectivity index (χ1v) is 12.6. The van der Waals surface area contributed by atoms with Crippen LogP contribution in [0, 0.1) is 28.1 Å². The highest BCUT2D eigenvalue weighted by Gasteiger charge is 2.55. The molecule has 1 aromatic carbocycles. The van der Waals surface area contributed by atoms with Crippen LogP contribution in [0.1, 0.15) is 82.3 Å². The molecule has 1 aromatic rings. The second kappa shape index (κ2) is 8.57. The third kappa shape index (κ3) is 3.54. The average Bonchev–Trinajstić information content (AvgIpc) is 3.15. The highest BCUT2D eigenvalue weighted by atomic mass is 16.3. The zero-order valence-electron chi connectivity index (χ0n) is 19.5. The van der Waals surface area contributed by atoms with E-state index < -0.39 is 0 Å². The van der Waals surface area contributed by atoms with E-state index in [-0.39, 0.29) is 6.54 Å². The standard InChI is InChI=1S/C29H35NO2/c1-3-22-11-15-27-25-13-10-21-17-23(31)12-14-24(21)28(25)26(18-29(22,27)2)20-8-6-19(7-9-20)5-4-16-30-32/h4-9,17,22,25-27H,3,10-16,18H2,1-2H3/b5-4+. The quantitative estimate of drug-likeness (QED) is 0.458. The Bertz CT molecular complexity index is 998. The summed E-state index contributed by atoms with van der Waals surface area (Å²) in [5.74, 6) is 3.06. The van der Waals surface area contributed by atoms with E-state index in [2.05, 4.69) is 43.3 Å². The van der Waals surface area contributed by atoms with Crippen molar-refractivity contribution in [3.63, 3.8) is 0 Å². The molecule has 5 atom stereocenters. The monoisotopic (exact) mass is 429 g/mol. The molecule has 0 N–H and O–H groups in total. The molecule has 4 aliphatic rings. The Kier molecular flexibility index (Phi) is 5.77. The number of rotatable bonds is 5. The molecule has 2 saturated carbocycles. The van der Waals surface area contributed by atoms with Crippen LogP contribution in [0.2, 0.25) is 0 Å². The lowest BCUT2D eigenvalue weighted by molar-refractivity contribution is -0.114. The fraction of sp³-hybridized carbons (Fsp3) is 0.552. The molecule has 5 rings (SSSR count). The van der Waals surface area contributed by atoms with Gasteiger partial charge in [0, 0.05) is 12.3 Å². The van der Waals surface area contributed by atoms with Gasteiger partial charge in [-0.05, 0) is 90.0 Å². The van der Waals surface area contributed by atoms with Gasteiger partial charge in [0.1, 0.15) is 0 Å². The Hall–Kier alpha value is -2.29. The van der Waals surface area contributed by atoms with Gasteiger partial charge in [-0.25, -0.2) is 0 Å². The van der Waals surface area contributed by atoms with Gasteiger partial charge in [0.2, 0.25) is 0 Å². The molecule has 0 aliphatic heterocycles. The Morgan fingerprint density at radius 3 is 2.66 bits per heavy atom. The van der Waals surface area contributed by atoms with Crippen molar-refractivity contribution in [3.05, 3.63) is 69.2 Å². The first kappa shape index (κ1) is 21.6. The van der Waals surface area contributed by atoms with E-state index in [9.17, 15) is 9.70 Å². The molecule has 0 amide bonds. The predicted molar refractivity (Wildman–Crippen MR) is 130 cm³/mol. The van der Waals surface area contributed by atoms with Crippen LogP contribution in [0.5, 0.6) is 0 Å². The van der Waals surface area contributed by atoms with E-state index in [1.807, 2.05) is 18.2 Å². The zero-order chi connectivity index (χ0) is 22.3. The number of fused-ring (bicyclic) bond motifs is 4. The van der Waals surface area contributed by atoms with Gasteiger partial charge in [-0.15, -0.1) is 0 Å². The highest BCUT2D eigenvalue weighted by Crippen LogP contribution is 2.66. The van der Waals surface area contributed by atoms with E-state index >= 15 is 0 Å². The SMILES string of the molecule is CCC1CCC2C3CCC4=CC(=O)CCC4=C3C(c3ccc(/C=C/CN=O)cc3)CC12C. The number of hydrogen-bond acceptors (Lipinski definition) is 3. The lowest BCUT2D eigenvalue weighted by Crippen LogP contribution is -2.43. The Balaban J connectivity index is 1.58. The van der Waals surface area contributed by atoms with Gasteiger partial charge < -0.3 is 0 Å². The molecule has 0 saturated heterocycles. The van der Waals surface area contributed by atoms with Crippen LogP contribution in [-0.2, 0) is 4.79 Å². The molecule has 2 fully saturated rings. The normalized spacial score (nSPS) is 34.2. The van der Waals surface area contributed by atoms with E-state index in [1.54, 1.807) is 5.57 Å². The number of carbonyl (C=O) groups is 1. The first-order chi connectivity index (χ1) is 15.5. The van der Waals surface area contributed by atoms with Crippen molar-refractivity contribution in [1.29, 1.82) is 0 Å². The van der Waals surface area contributed by atoms with Gasteiger partial charge in [0.25, 0.3) is 0 Å². The summed E-state index contributed by atoms with van der Waals surface area (Å²) >= 11 is 0. The first-order valence-electron chi connectivity index (χ1n) is 12.6. The third-order valence-electron chi connectivity index (χ3n) is 9.25. The van der Waals surface area contributed by atoms with Crippen LogP contribution in [0.25, 0.3) is 6.08 Å². The average molecular weight is 430 g/mol. The fourth-order valence-electron chi connectivity index (χ4n) is 7.80. The Morgan fingerprint density at radius 2 is 1.91 bits per heavy atom. The van der Waals surface area contributed by atoms with Crippen LogP contribution >= 0.6 is 0 Å². The minimum atomic E-state index is 0.217. The smallest absolute Gasteiger partial charge is 0.156 e. The van der Waals surface area contributed by atoms with Gasteiger partial charge >= 0.3 is 0 Å². The van der Waals surface area contributed by atoms with Crippen LogP contribution in [0.4, 0.5) is 0 Å². The predicted octanol–water partition coefficient (Wildman–Crippen LogP) is 7.39. The van der Waals surface area contributed by atoms with Gasteiger partial charge in [-0.3, -0.25) is 4.79 Å². The second-order valence-electron chi connectivity index (χ2n) is 10.6. The van der Waals surface area contributed by atoms with Crippen LogP contribution in [0.3, 0.4) is 0 Å². The summed E-state index contributed by atoms with van der Waals surface area (Å²) in [4.78, 5) is 22.5. The maximum atomic E-state index is 12.2. The van der Waals surface area contributed by atoms with Crippen molar-refractivity contribution in [2.75, 3.05) is 6.54 Å². The van der Waals surface area contributed by atoms with Crippen LogP contribution < -0.4 is 0 Å². The largest absolute Gasteiger partial charge is 0.295 e. The number of ketones is 1. The number of nitrogens with zero attached hydrogens (tertiary/aromatic N) is 1. The third-order valence-corrected chi connectivity index (χ3v) is 9.25. The summed E-state index contributed by atoms with van der Waals surface area (Å²) in [6.45, 7) is 5.19. The van der Waals surface area contributed by atoms with Crippen LogP contribution in [-0.4, -0.2) is 12.3 Å². The number of hydrogen-bond donors (Lipinski definition) is 0. The van der Waals surface area contributed by atoms with Crippen molar-refractivity contribution >= 4 is 11.9 Å². The lowest BCUT2D eigenvalue weighted by atomic mass is 9.52. The zero-order valence-corrected chi connectivity index (χ0v) is 19.5. The summed E-state index contributed by atoms with van der Waals surface area (Å²) < 4.78 is 0. The van der Waals surface area contributed by atoms with E-state index in [0.29, 0.717) is 29.5 Å². The van der Waals surface area contributed by atoms with Gasteiger partial charge in [0.15, 0.2) is 5.78 Å². The Labute approximate surface area is 192 Å².